The van der Waals surface area contributed by atoms with Crippen LogP contribution in [0.1, 0.15) is 0 Å². The van der Waals surface area contributed by atoms with Gasteiger partial charge in [0.1, 0.15) is 0 Å². The predicted molar refractivity (Wildman–Crippen MR) is 103 cm³/mol. The van der Waals surface area contributed by atoms with Gasteiger partial charge in [-0.2, -0.15) is 0 Å². The van der Waals surface area contributed by atoms with Gasteiger partial charge in [-0.15, -0.1) is 0 Å². The Kier molecular flexibility index (Phi) is 3.66. The van der Waals surface area contributed by atoms with Crippen molar-refractivity contribution in [2.75, 3.05) is 0 Å². The van der Waals surface area contributed by atoms with E-state index >= 15 is 0 Å². The lowest BCUT2D eigenvalue weighted by Gasteiger charge is -2.08. The minimum absolute atomic E-state index is 0.0851. The molecule has 3 aromatic carbocycles. The van der Waals surface area contributed by atoms with Crippen LogP contribution in [0.5, 0.6) is 0 Å². The number of aromatic nitrogens is 1. The van der Waals surface area contributed by atoms with Crippen LogP contribution in [0.15, 0.2) is 69.6 Å². The Bertz CT molecular complexity index is 1040. The van der Waals surface area contributed by atoms with E-state index in [1.165, 1.54) is 12.1 Å². The van der Waals surface area contributed by atoms with E-state index in [1.807, 2.05) is 12.1 Å². The minimum Gasteiger partial charge on any atom is -0.309 e. The molecule has 0 amide bonds. The summed E-state index contributed by atoms with van der Waals surface area (Å²) in [5.74, 6) is 0. The lowest BCUT2D eigenvalue weighted by molar-refractivity contribution is -0.384. The Hall–Kier alpha value is -2.18. The largest absolute Gasteiger partial charge is 0.309 e. The van der Waals surface area contributed by atoms with Crippen LogP contribution in [0.4, 0.5) is 5.69 Å². The molecule has 0 aliphatic heterocycles. The van der Waals surface area contributed by atoms with Crippen molar-refractivity contribution in [2.24, 2.45) is 0 Å². The third-order valence-electron chi connectivity index (χ3n) is 4.01. The van der Waals surface area contributed by atoms with Gasteiger partial charge >= 0.3 is 0 Å². The Morgan fingerprint density at radius 2 is 1.29 bits per heavy atom. The second-order valence-electron chi connectivity index (χ2n) is 5.43. The smallest absolute Gasteiger partial charge is 0.269 e. The molecule has 118 valence electrons. The number of hydrogen-bond donors (Lipinski definition) is 0. The summed E-state index contributed by atoms with van der Waals surface area (Å²) in [6, 6.07) is 18.9. The van der Waals surface area contributed by atoms with Gasteiger partial charge in [0.2, 0.25) is 0 Å². The third kappa shape index (κ3) is 2.42. The topological polar surface area (TPSA) is 48.1 Å². The first-order valence-electron chi connectivity index (χ1n) is 7.18. The highest BCUT2D eigenvalue weighted by Crippen LogP contribution is 2.35. The summed E-state index contributed by atoms with van der Waals surface area (Å²) < 4.78 is 4.09. The number of nitro groups is 1. The first kappa shape index (κ1) is 15.4. The fourth-order valence-corrected chi connectivity index (χ4v) is 3.66. The van der Waals surface area contributed by atoms with Gasteiger partial charge in [0, 0.05) is 37.5 Å². The van der Waals surface area contributed by atoms with Gasteiger partial charge in [-0.25, -0.2) is 0 Å². The van der Waals surface area contributed by atoms with Crippen LogP contribution in [-0.2, 0) is 0 Å². The molecule has 0 unspecified atom stereocenters. The first-order valence-corrected chi connectivity index (χ1v) is 8.77. The van der Waals surface area contributed by atoms with E-state index in [4.69, 9.17) is 0 Å². The number of rotatable bonds is 2. The minimum atomic E-state index is -0.386. The summed E-state index contributed by atoms with van der Waals surface area (Å²) in [6.07, 6.45) is 0. The number of nitro benzene ring substituents is 1. The molecule has 0 bridgehead atoms. The average Bonchev–Trinajstić information content (AvgIpc) is 2.87. The maximum absolute atomic E-state index is 10.9. The second-order valence-corrected chi connectivity index (χ2v) is 7.26. The second kappa shape index (κ2) is 5.72. The highest BCUT2D eigenvalue weighted by molar-refractivity contribution is 9.10. The van der Waals surface area contributed by atoms with Crippen molar-refractivity contribution < 1.29 is 4.92 Å². The van der Waals surface area contributed by atoms with Gasteiger partial charge < -0.3 is 4.57 Å². The lowest BCUT2D eigenvalue weighted by Crippen LogP contribution is -1.95. The van der Waals surface area contributed by atoms with Crippen LogP contribution < -0.4 is 0 Å². The SMILES string of the molecule is O=[N+]([O-])c1ccc(-n2c3cc(Br)ccc3c3ccc(Br)cc32)cc1. The maximum Gasteiger partial charge on any atom is 0.269 e. The van der Waals surface area contributed by atoms with E-state index in [0.29, 0.717) is 0 Å². The molecule has 1 aromatic heterocycles. The van der Waals surface area contributed by atoms with Gasteiger partial charge in [-0.05, 0) is 36.4 Å². The van der Waals surface area contributed by atoms with E-state index in [9.17, 15) is 10.1 Å². The third-order valence-corrected chi connectivity index (χ3v) is 5.00. The number of nitrogens with zero attached hydrogens (tertiary/aromatic N) is 2. The molecule has 0 fully saturated rings. The Morgan fingerprint density at radius 1 is 0.792 bits per heavy atom. The lowest BCUT2D eigenvalue weighted by atomic mass is 10.2. The fraction of sp³-hybridized carbons (Fsp3) is 0. The van der Waals surface area contributed by atoms with E-state index in [0.717, 1.165) is 36.4 Å². The standard InChI is InChI=1S/C18H10Br2N2O2/c19-11-1-7-15-16-8-2-12(20)10-18(16)21(17(15)9-11)13-3-5-14(6-4-13)22(23)24/h1-10H. The van der Waals surface area contributed by atoms with Gasteiger partial charge in [0.25, 0.3) is 5.69 Å². The van der Waals surface area contributed by atoms with E-state index < -0.39 is 0 Å². The van der Waals surface area contributed by atoms with Crippen molar-refractivity contribution in [2.45, 2.75) is 0 Å². The number of hydrogen-bond acceptors (Lipinski definition) is 2. The van der Waals surface area contributed by atoms with Crippen molar-refractivity contribution in [1.82, 2.24) is 4.57 Å². The molecule has 4 nitrogen and oxygen atoms in total. The number of non-ortho nitro benzene ring substituents is 1. The van der Waals surface area contributed by atoms with E-state index in [1.54, 1.807) is 12.1 Å². The molecule has 0 N–H and O–H groups in total. The molecule has 24 heavy (non-hydrogen) atoms. The quantitative estimate of drug-likeness (QED) is 0.271. The van der Waals surface area contributed by atoms with Crippen molar-refractivity contribution >= 4 is 59.4 Å². The van der Waals surface area contributed by atoms with Crippen LogP contribution >= 0.6 is 31.9 Å². The molecule has 4 aromatic rings. The van der Waals surface area contributed by atoms with Crippen LogP contribution in [-0.4, -0.2) is 9.49 Å². The molecule has 0 saturated carbocycles. The molecule has 0 aliphatic carbocycles. The van der Waals surface area contributed by atoms with Gasteiger partial charge in [0.15, 0.2) is 0 Å². The Labute approximate surface area is 154 Å². The van der Waals surface area contributed by atoms with Gasteiger partial charge in [-0.3, -0.25) is 10.1 Å². The molecular weight excluding hydrogens is 436 g/mol. The predicted octanol–water partition coefficient (Wildman–Crippen LogP) is 6.22. The normalized spacial score (nSPS) is 11.2. The molecule has 0 spiro atoms. The summed E-state index contributed by atoms with van der Waals surface area (Å²) >= 11 is 7.06. The fourth-order valence-electron chi connectivity index (χ4n) is 2.97. The van der Waals surface area contributed by atoms with Crippen molar-refractivity contribution in [3.63, 3.8) is 0 Å². The average molecular weight is 446 g/mol. The molecule has 1 heterocycles. The van der Waals surface area contributed by atoms with Crippen molar-refractivity contribution in [3.05, 3.63) is 79.7 Å². The highest BCUT2D eigenvalue weighted by Gasteiger charge is 2.14. The summed E-state index contributed by atoms with van der Waals surface area (Å²) in [4.78, 5) is 10.5. The first-order chi connectivity index (χ1) is 11.5. The molecule has 0 atom stereocenters. The van der Waals surface area contributed by atoms with Crippen molar-refractivity contribution in [1.29, 1.82) is 0 Å². The van der Waals surface area contributed by atoms with Gasteiger partial charge in [0.05, 0.1) is 16.0 Å². The van der Waals surface area contributed by atoms with Gasteiger partial charge in [-0.1, -0.05) is 44.0 Å². The molecule has 0 radical (unpaired) electrons. The number of halogens is 2. The summed E-state index contributed by atoms with van der Waals surface area (Å²) in [6.45, 7) is 0. The highest BCUT2D eigenvalue weighted by atomic mass is 79.9. The maximum atomic E-state index is 10.9. The zero-order valence-electron chi connectivity index (χ0n) is 12.2. The molecule has 0 saturated heterocycles. The van der Waals surface area contributed by atoms with E-state index in [-0.39, 0.29) is 10.6 Å². The number of benzene rings is 3. The summed E-state index contributed by atoms with van der Waals surface area (Å²) in [5.41, 5.74) is 3.07. The van der Waals surface area contributed by atoms with Crippen molar-refractivity contribution in [3.8, 4) is 5.69 Å². The van der Waals surface area contributed by atoms with Crippen LogP contribution in [0.2, 0.25) is 0 Å². The van der Waals surface area contributed by atoms with E-state index in [2.05, 4.69) is 60.7 Å². The van der Waals surface area contributed by atoms with Crippen LogP contribution in [0.25, 0.3) is 27.5 Å². The molecule has 0 aliphatic rings. The zero-order chi connectivity index (χ0) is 16.8. The molecule has 4 rings (SSSR count). The summed E-state index contributed by atoms with van der Waals surface area (Å²) in [5, 5.41) is 13.2. The molecule has 6 heteroatoms. The summed E-state index contributed by atoms with van der Waals surface area (Å²) in [7, 11) is 0. The number of fused-ring (bicyclic) bond motifs is 3. The zero-order valence-corrected chi connectivity index (χ0v) is 15.4. The monoisotopic (exact) mass is 444 g/mol. The van der Waals surface area contributed by atoms with Crippen LogP contribution in [0.3, 0.4) is 0 Å². The Morgan fingerprint density at radius 3 is 1.75 bits per heavy atom. The molecular formula is C18H10Br2N2O2. The van der Waals surface area contributed by atoms with Crippen LogP contribution in [0, 0.1) is 10.1 Å². The Balaban J connectivity index is 2.09.